The molecule has 6 rings (SSSR count). The van der Waals surface area contributed by atoms with E-state index >= 15 is 0 Å². The van der Waals surface area contributed by atoms with Gasteiger partial charge in [0, 0.05) is 49.5 Å². The lowest BCUT2D eigenvalue weighted by Crippen LogP contribution is -2.67. The minimum atomic E-state index is -1.04. The second-order valence-electron chi connectivity index (χ2n) is 10.7. The molecule has 37 heavy (non-hydrogen) atoms. The van der Waals surface area contributed by atoms with Crippen LogP contribution in [0.15, 0.2) is 48.5 Å². The molecule has 0 aliphatic carbocycles. The van der Waals surface area contributed by atoms with E-state index in [0.717, 1.165) is 67.8 Å². The number of carbonyl (C=O) groups is 2. The second kappa shape index (κ2) is 9.62. The monoisotopic (exact) mass is 500 g/mol. The van der Waals surface area contributed by atoms with E-state index in [1.165, 1.54) is 11.1 Å². The number of piperazine rings is 1. The number of amides is 2. The number of aromatic nitrogens is 1. The summed E-state index contributed by atoms with van der Waals surface area (Å²) in [4.78, 5) is 37.4. The molecule has 0 radical (unpaired) electrons. The van der Waals surface area contributed by atoms with Crippen LogP contribution in [0, 0.1) is 0 Å². The van der Waals surface area contributed by atoms with Crippen molar-refractivity contribution >= 4 is 22.7 Å². The Hall–Kier alpha value is -3.16. The highest BCUT2D eigenvalue weighted by molar-refractivity contribution is 6.01. The number of nitrogens with one attached hydrogen (secondary N) is 1. The molecule has 3 aliphatic rings. The molecule has 2 atom stereocenters. The number of rotatable bonds is 6. The first-order chi connectivity index (χ1) is 18.0. The van der Waals surface area contributed by atoms with E-state index in [4.69, 9.17) is 4.74 Å². The quantitative estimate of drug-likeness (QED) is 0.563. The molecule has 3 aromatic rings. The van der Waals surface area contributed by atoms with Crippen LogP contribution < -0.4 is 0 Å². The van der Waals surface area contributed by atoms with Crippen molar-refractivity contribution in [2.24, 2.45) is 0 Å². The van der Waals surface area contributed by atoms with Gasteiger partial charge >= 0.3 is 0 Å². The van der Waals surface area contributed by atoms with Crippen LogP contribution in [-0.4, -0.2) is 84.0 Å². The molecule has 4 heterocycles. The molecule has 2 aromatic carbocycles. The summed E-state index contributed by atoms with van der Waals surface area (Å²) < 4.78 is 5.45. The number of aromatic amines is 1. The smallest absolute Gasteiger partial charge is 0.254 e. The van der Waals surface area contributed by atoms with Crippen molar-refractivity contribution in [1.82, 2.24) is 19.7 Å². The fourth-order valence-electron chi connectivity index (χ4n) is 6.45. The molecule has 0 spiro atoms. The fraction of sp³-hybridized carbons (Fsp3) is 0.467. The first-order valence-electron chi connectivity index (χ1n) is 13.6. The van der Waals surface area contributed by atoms with Crippen molar-refractivity contribution in [2.45, 2.75) is 38.1 Å². The molecule has 0 saturated carbocycles. The summed E-state index contributed by atoms with van der Waals surface area (Å²) in [6, 6.07) is 17.0. The molecule has 2 amide bonds. The van der Waals surface area contributed by atoms with Crippen LogP contribution in [0.5, 0.6) is 0 Å². The van der Waals surface area contributed by atoms with Crippen LogP contribution in [0.4, 0.5) is 0 Å². The maximum Gasteiger partial charge on any atom is 0.254 e. The van der Waals surface area contributed by atoms with Crippen molar-refractivity contribution in [3.05, 3.63) is 70.9 Å². The molecule has 7 heteroatoms. The van der Waals surface area contributed by atoms with E-state index < -0.39 is 5.54 Å². The summed E-state index contributed by atoms with van der Waals surface area (Å²) in [6.07, 6.45) is 1.84. The average molecular weight is 501 g/mol. The number of carbonyl (C=O) groups excluding carboxylic acids is 2. The number of para-hydroxylation sites is 1. The van der Waals surface area contributed by atoms with Crippen LogP contribution in [0.25, 0.3) is 10.9 Å². The highest BCUT2D eigenvalue weighted by Crippen LogP contribution is 2.48. The minimum absolute atomic E-state index is 0.00903. The SMILES string of the molecule is CCc1ccc(C2CN3C(=O)CN(CCCN4CCOCC4)C(=O)C3(C)c3[nH]c4ccccc4c32)cc1. The number of hydrogen-bond acceptors (Lipinski definition) is 4. The Labute approximate surface area is 218 Å². The van der Waals surface area contributed by atoms with Crippen LogP contribution in [0.1, 0.15) is 48.6 Å². The number of morpholine rings is 1. The van der Waals surface area contributed by atoms with Crippen molar-refractivity contribution in [3.8, 4) is 0 Å². The van der Waals surface area contributed by atoms with Gasteiger partial charge in [-0.1, -0.05) is 49.4 Å². The van der Waals surface area contributed by atoms with E-state index in [1.807, 2.05) is 24.0 Å². The number of aryl methyl sites for hydroxylation is 1. The van der Waals surface area contributed by atoms with Gasteiger partial charge in [-0.25, -0.2) is 0 Å². The standard InChI is InChI=1S/C30H36N4O3/c1-3-21-9-11-22(12-10-21)24-19-34-26(35)20-33(14-6-13-32-15-17-37-18-16-32)29(36)30(34,2)28-27(24)23-7-4-5-8-25(23)31-28/h4-5,7-12,24,31H,3,6,13-20H2,1-2H3. The van der Waals surface area contributed by atoms with Gasteiger partial charge in [-0.2, -0.15) is 0 Å². The largest absolute Gasteiger partial charge is 0.379 e. The number of nitrogens with zero attached hydrogens (tertiary/aromatic N) is 3. The summed E-state index contributed by atoms with van der Waals surface area (Å²) in [5.74, 6) is 0.0457. The lowest BCUT2D eigenvalue weighted by atomic mass is 9.76. The Morgan fingerprint density at radius 2 is 1.78 bits per heavy atom. The Kier molecular flexibility index (Phi) is 6.29. The van der Waals surface area contributed by atoms with Gasteiger partial charge in [-0.05, 0) is 42.5 Å². The lowest BCUT2D eigenvalue weighted by Gasteiger charge is -2.51. The van der Waals surface area contributed by atoms with E-state index in [0.29, 0.717) is 13.1 Å². The Balaban J connectivity index is 1.36. The Bertz CT molecular complexity index is 1310. The number of ether oxygens (including phenoxy) is 1. The predicted molar refractivity (Wildman–Crippen MR) is 143 cm³/mol. The predicted octanol–water partition coefficient (Wildman–Crippen LogP) is 3.48. The number of hydrogen-bond donors (Lipinski definition) is 1. The molecule has 2 unspecified atom stereocenters. The van der Waals surface area contributed by atoms with Gasteiger partial charge in [-0.15, -0.1) is 0 Å². The third-order valence-corrected chi connectivity index (χ3v) is 8.61. The van der Waals surface area contributed by atoms with E-state index in [-0.39, 0.29) is 24.3 Å². The highest BCUT2D eigenvalue weighted by Gasteiger charge is 2.56. The van der Waals surface area contributed by atoms with Crippen LogP contribution in [0.2, 0.25) is 0 Å². The van der Waals surface area contributed by atoms with Crippen molar-refractivity contribution in [2.75, 3.05) is 52.5 Å². The first kappa shape index (κ1) is 24.2. The van der Waals surface area contributed by atoms with Crippen LogP contribution >= 0.6 is 0 Å². The van der Waals surface area contributed by atoms with Gasteiger partial charge in [0.15, 0.2) is 5.54 Å². The van der Waals surface area contributed by atoms with Gasteiger partial charge in [-0.3, -0.25) is 14.5 Å². The Morgan fingerprint density at radius 3 is 2.54 bits per heavy atom. The maximum absolute atomic E-state index is 14.2. The number of benzene rings is 2. The summed E-state index contributed by atoms with van der Waals surface area (Å²) in [5.41, 5.74) is 4.45. The van der Waals surface area contributed by atoms with E-state index in [2.05, 4.69) is 53.2 Å². The van der Waals surface area contributed by atoms with E-state index in [9.17, 15) is 9.59 Å². The zero-order chi connectivity index (χ0) is 25.6. The van der Waals surface area contributed by atoms with Crippen LogP contribution in [-0.2, 0) is 26.3 Å². The fourth-order valence-corrected chi connectivity index (χ4v) is 6.45. The van der Waals surface area contributed by atoms with E-state index in [1.54, 1.807) is 4.90 Å². The van der Waals surface area contributed by atoms with Gasteiger partial charge in [0.1, 0.15) is 0 Å². The third kappa shape index (κ3) is 4.05. The molecule has 3 aliphatic heterocycles. The second-order valence-corrected chi connectivity index (χ2v) is 10.7. The third-order valence-electron chi connectivity index (χ3n) is 8.61. The van der Waals surface area contributed by atoms with Crippen LogP contribution in [0.3, 0.4) is 0 Å². The van der Waals surface area contributed by atoms with Crippen molar-refractivity contribution < 1.29 is 14.3 Å². The van der Waals surface area contributed by atoms with Crippen molar-refractivity contribution in [3.63, 3.8) is 0 Å². The molecule has 0 bridgehead atoms. The lowest BCUT2D eigenvalue weighted by molar-refractivity contribution is -0.166. The zero-order valence-electron chi connectivity index (χ0n) is 21.8. The molecule has 1 N–H and O–H groups in total. The molecular weight excluding hydrogens is 464 g/mol. The number of fused-ring (bicyclic) bond motifs is 5. The average Bonchev–Trinajstić information content (AvgIpc) is 3.33. The van der Waals surface area contributed by atoms with Gasteiger partial charge in [0.05, 0.1) is 25.5 Å². The maximum atomic E-state index is 14.2. The summed E-state index contributed by atoms with van der Waals surface area (Å²) in [7, 11) is 0. The molecule has 7 nitrogen and oxygen atoms in total. The first-order valence-corrected chi connectivity index (χ1v) is 13.6. The summed E-state index contributed by atoms with van der Waals surface area (Å²) in [6.45, 7) is 9.62. The summed E-state index contributed by atoms with van der Waals surface area (Å²) >= 11 is 0. The van der Waals surface area contributed by atoms with Crippen molar-refractivity contribution in [1.29, 1.82) is 0 Å². The Morgan fingerprint density at radius 1 is 1.03 bits per heavy atom. The number of H-pyrrole nitrogens is 1. The minimum Gasteiger partial charge on any atom is -0.379 e. The molecule has 1 aromatic heterocycles. The molecule has 2 saturated heterocycles. The topological polar surface area (TPSA) is 68.9 Å². The van der Waals surface area contributed by atoms with Gasteiger partial charge in [0.25, 0.3) is 5.91 Å². The molecule has 194 valence electrons. The molecular formula is C30H36N4O3. The highest BCUT2D eigenvalue weighted by atomic mass is 16.5. The summed E-state index contributed by atoms with van der Waals surface area (Å²) in [5, 5.41) is 1.13. The van der Waals surface area contributed by atoms with Gasteiger partial charge < -0.3 is 19.5 Å². The van der Waals surface area contributed by atoms with Gasteiger partial charge in [0.2, 0.25) is 5.91 Å². The zero-order valence-corrected chi connectivity index (χ0v) is 21.8. The molecule has 2 fully saturated rings. The normalized spacial score (nSPS) is 24.4.